The standard InChI is InChI=1S/C15H18BrFN2O4/c1-18(9-14(20)21)7-11-8-19(4-5-23-11)15(22)12-6-10(17)2-3-13(12)16/h2-3,6,11H,4-5,7-9H2,1H3,(H,20,21). The molecule has 6 nitrogen and oxygen atoms in total. The van der Waals surface area contributed by atoms with Crippen LogP contribution in [-0.2, 0) is 9.53 Å². The average molecular weight is 389 g/mol. The lowest BCUT2D eigenvalue weighted by molar-refractivity contribution is -0.138. The number of halogens is 2. The van der Waals surface area contributed by atoms with Gasteiger partial charge in [0.15, 0.2) is 0 Å². The van der Waals surface area contributed by atoms with Gasteiger partial charge in [-0.05, 0) is 41.2 Å². The van der Waals surface area contributed by atoms with Crippen molar-refractivity contribution in [3.63, 3.8) is 0 Å². The number of carbonyl (C=O) groups is 2. The van der Waals surface area contributed by atoms with E-state index >= 15 is 0 Å². The first-order chi connectivity index (χ1) is 10.9. The van der Waals surface area contributed by atoms with Crippen LogP contribution >= 0.6 is 15.9 Å². The van der Waals surface area contributed by atoms with Crippen LogP contribution in [0.5, 0.6) is 0 Å². The number of carboxylic acids is 1. The summed E-state index contributed by atoms with van der Waals surface area (Å²) in [6.45, 7) is 1.43. The highest BCUT2D eigenvalue weighted by atomic mass is 79.9. The quantitative estimate of drug-likeness (QED) is 0.826. The fourth-order valence-electron chi connectivity index (χ4n) is 2.49. The van der Waals surface area contributed by atoms with Crippen molar-refractivity contribution < 1.29 is 23.8 Å². The van der Waals surface area contributed by atoms with Gasteiger partial charge in [0.05, 0.1) is 24.8 Å². The van der Waals surface area contributed by atoms with Crippen molar-refractivity contribution in [2.45, 2.75) is 6.10 Å². The SMILES string of the molecule is CN(CC(=O)O)CC1CN(C(=O)c2cc(F)ccc2Br)CCO1. The third-order valence-corrected chi connectivity index (χ3v) is 4.20. The second-order valence-electron chi connectivity index (χ2n) is 5.46. The zero-order chi connectivity index (χ0) is 17.0. The molecule has 0 bridgehead atoms. The van der Waals surface area contributed by atoms with Crippen molar-refractivity contribution in [2.75, 3.05) is 39.8 Å². The lowest BCUT2D eigenvalue weighted by Crippen LogP contribution is -2.49. The van der Waals surface area contributed by atoms with E-state index in [4.69, 9.17) is 9.84 Å². The minimum absolute atomic E-state index is 0.0940. The topological polar surface area (TPSA) is 70.1 Å². The number of benzene rings is 1. The lowest BCUT2D eigenvalue weighted by atomic mass is 10.1. The summed E-state index contributed by atoms with van der Waals surface area (Å²) in [5, 5.41) is 8.77. The molecule has 0 aromatic heterocycles. The monoisotopic (exact) mass is 388 g/mol. The number of carboxylic acid groups (broad SMARTS) is 1. The Morgan fingerprint density at radius 3 is 2.96 bits per heavy atom. The summed E-state index contributed by atoms with van der Waals surface area (Å²) in [6.07, 6.45) is -0.274. The van der Waals surface area contributed by atoms with Crippen LogP contribution in [0.3, 0.4) is 0 Å². The molecule has 1 fully saturated rings. The fraction of sp³-hybridized carbons (Fsp3) is 0.467. The lowest BCUT2D eigenvalue weighted by Gasteiger charge is -2.34. The van der Waals surface area contributed by atoms with E-state index in [-0.39, 0.29) is 24.1 Å². The summed E-state index contributed by atoms with van der Waals surface area (Å²) >= 11 is 3.26. The molecule has 0 radical (unpaired) electrons. The van der Waals surface area contributed by atoms with Gasteiger partial charge in [-0.25, -0.2) is 4.39 Å². The second-order valence-corrected chi connectivity index (χ2v) is 6.31. The van der Waals surface area contributed by atoms with Crippen molar-refractivity contribution in [1.82, 2.24) is 9.80 Å². The Hall–Kier alpha value is -1.51. The number of amides is 1. The van der Waals surface area contributed by atoms with Crippen LogP contribution in [0.4, 0.5) is 4.39 Å². The van der Waals surface area contributed by atoms with Crippen molar-refractivity contribution in [1.29, 1.82) is 0 Å². The molecular formula is C15H18BrFN2O4. The molecule has 2 rings (SSSR count). The molecule has 1 amide bonds. The van der Waals surface area contributed by atoms with Crippen LogP contribution in [0.15, 0.2) is 22.7 Å². The Kier molecular flexibility index (Phi) is 6.09. The highest BCUT2D eigenvalue weighted by Crippen LogP contribution is 2.21. The Balaban J connectivity index is 2.01. The van der Waals surface area contributed by atoms with E-state index in [2.05, 4.69) is 15.9 Å². The van der Waals surface area contributed by atoms with Gasteiger partial charge in [-0.1, -0.05) is 0 Å². The fourth-order valence-corrected chi connectivity index (χ4v) is 2.91. The van der Waals surface area contributed by atoms with Crippen molar-refractivity contribution in [3.8, 4) is 0 Å². The molecule has 1 heterocycles. The number of nitrogens with zero attached hydrogens (tertiary/aromatic N) is 2. The van der Waals surface area contributed by atoms with Crippen molar-refractivity contribution >= 4 is 27.8 Å². The Labute approximate surface area is 141 Å². The van der Waals surface area contributed by atoms with Crippen LogP contribution in [0.25, 0.3) is 0 Å². The number of likely N-dealkylation sites (N-methyl/N-ethyl adjacent to an activating group) is 1. The summed E-state index contributed by atoms with van der Waals surface area (Å²) in [6, 6.07) is 3.98. The molecule has 23 heavy (non-hydrogen) atoms. The maximum absolute atomic E-state index is 13.4. The van der Waals surface area contributed by atoms with Crippen molar-refractivity contribution in [3.05, 3.63) is 34.1 Å². The largest absolute Gasteiger partial charge is 0.480 e. The van der Waals surface area contributed by atoms with E-state index in [9.17, 15) is 14.0 Å². The van der Waals surface area contributed by atoms with Gasteiger partial charge in [0.2, 0.25) is 0 Å². The number of ether oxygens (including phenoxy) is 1. The van der Waals surface area contributed by atoms with Crippen LogP contribution in [-0.4, -0.2) is 72.7 Å². The summed E-state index contributed by atoms with van der Waals surface area (Å²) in [5.74, 6) is -1.66. The van der Waals surface area contributed by atoms with Gasteiger partial charge in [0.1, 0.15) is 5.82 Å². The summed E-state index contributed by atoms with van der Waals surface area (Å²) in [7, 11) is 1.68. The number of aliphatic carboxylic acids is 1. The number of rotatable bonds is 5. The number of morpholine rings is 1. The first kappa shape index (κ1) is 17.8. The third-order valence-electron chi connectivity index (χ3n) is 3.51. The second kappa shape index (κ2) is 7.85. The van der Waals surface area contributed by atoms with E-state index in [0.717, 1.165) is 0 Å². The Bertz CT molecular complexity index is 599. The zero-order valence-corrected chi connectivity index (χ0v) is 14.3. The van der Waals surface area contributed by atoms with Gasteiger partial charge in [-0.3, -0.25) is 14.5 Å². The molecule has 1 unspecified atom stereocenters. The van der Waals surface area contributed by atoms with E-state index < -0.39 is 11.8 Å². The van der Waals surface area contributed by atoms with Crippen LogP contribution in [0, 0.1) is 5.82 Å². The van der Waals surface area contributed by atoms with E-state index in [1.165, 1.54) is 18.2 Å². The van der Waals surface area contributed by atoms with Gasteiger partial charge in [-0.2, -0.15) is 0 Å². The molecule has 1 aromatic rings. The zero-order valence-electron chi connectivity index (χ0n) is 12.7. The number of hydrogen-bond acceptors (Lipinski definition) is 4. The predicted octanol–water partition coefficient (Wildman–Crippen LogP) is 1.45. The molecule has 1 aliphatic rings. The van der Waals surface area contributed by atoms with Gasteiger partial charge in [0.25, 0.3) is 5.91 Å². The third kappa shape index (κ3) is 4.98. The summed E-state index contributed by atoms with van der Waals surface area (Å²) in [4.78, 5) is 26.5. The van der Waals surface area contributed by atoms with Crippen molar-refractivity contribution in [2.24, 2.45) is 0 Å². The first-order valence-corrected chi connectivity index (χ1v) is 7.92. The Morgan fingerprint density at radius 1 is 1.52 bits per heavy atom. The molecule has 0 saturated carbocycles. The molecular weight excluding hydrogens is 371 g/mol. The Morgan fingerprint density at radius 2 is 2.26 bits per heavy atom. The van der Waals surface area contributed by atoms with Gasteiger partial charge < -0.3 is 14.7 Å². The minimum Gasteiger partial charge on any atom is -0.480 e. The first-order valence-electron chi connectivity index (χ1n) is 7.13. The van der Waals surface area contributed by atoms with Crippen LogP contribution in [0.1, 0.15) is 10.4 Å². The molecule has 0 spiro atoms. The van der Waals surface area contributed by atoms with Gasteiger partial charge in [-0.15, -0.1) is 0 Å². The number of hydrogen-bond donors (Lipinski definition) is 1. The molecule has 1 aliphatic heterocycles. The smallest absolute Gasteiger partial charge is 0.317 e. The molecule has 1 saturated heterocycles. The van der Waals surface area contributed by atoms with Crippen LogP contribution < -0.4 is 0 Å². The summed E-state index contributed by atoms with van der Waals surface area (Å²) in [5.41, 5.74) is 0.268. The van der Waals surface area contributed by atoms with Gasteiger partial charge >= 0.3 is 5.97 Å². The van der Waals surface area contributed by atoms with E-state index in [0.29, 0.717) is 30.7 Å². The van der Waals surface area contributed by atoms with Crippen LogP contribution in [0.2, 0.25) is 0 Å². The summed E-state index contributed by atoms with van der Waals surface area (Å²) < 4.78 is 19.5. The van der Waals surface area contributed by atoms with E-state index in [1.807, 2.05) is 0 Å². The highest BCUT2D eigenvalue weighted by molar-refractivity contribution is 9.10. The highest BCUT2D eigenvalue weighted by Gasteiger charge is 2.27. The molecule has 1 aromatic carbocycles. The molecule has 0 aliphatic carbocycles. The number of carbonyl (C=O) groups excluding carboxylic acids is 1. The maximum Gasteiger partial charge on any atom is 0.317 e. The normalized spacial score (nSPS) is 18.3. The molecule has 126 valence electrons. The van der Waals surface area contributed by atoms with E-state index in [1.54, 1.807) is 16.8 Å². The minimum atomic E-state index is -0.917. The molecule has 1 atom stereocenters. The molecule has 1 N–H and O–H groups in total. The molecule has 8 heteroatoms. The van der Waals surface area contributed by atoms with Gasteiger partial charge in [0, 0.05) is 24.1 Å². The predicted molar refractivity (Wildman–Crippen MR) is 84.9 cm³/mol. The maximum atomic E-state index is 13.4. The average Bonchev–Trinajstić information content (AvgIpc) is 2.48.